The highest BCUT2D eigenvalue weighted by Gasteiger charge is 2.20. The van der Waals surface area contributed by atoms with Gasteiger partial charge in [-0.1, -0.05) is 11.8 Å². The number of nitrogens with one attached hydrogen (secondary N) is 1. The van der Waals surface area contributed by atoms with Crippen LogP contribution in [0.2, 0.25) is 0 Å². The minimum atomic E-state index is -0.0106. The Labute approximate surface area is 116 Å². The minimum absolute atomic E-state index is 0.0106. The Morgan fingerprint density at radius 3 is 2.79 bits per heavy atom. The van der Waals surface area contributed by atoms with Crippen LogP contribution in [0.25, 0.3) is 0 Å². The fraction of sp³-hybridized carbons (Fsp3) is 0.727. The standard InChI is InChI=1S/C11H19N5O2S/c1-3-16-10(15-4-6-18-7-5-15)13-14-11(16)19-8-9(17)12-2/h3-8H2,1-2H3,(H,12,17). The molecular formula is C11H19N5O2S. The summed E-state index contributed by atoms with van der Waals surface area (Å²) >= 11 is 1.41. The summed E-state index contributed by atoms with van der Waals surface area (Å²) in [5, 5.41) is 11.8. The normalized spacial score (nSPS) is 15.6. The number of carbonyl (C=O) groups excluding carboxylic acids is 1. The molecular weight excluding hydrogens is 266 g/mol. The first kappa shape index (κ1) is 14.1. The molecule has 1 N–H and O–H groups in total. The third-order valence-electron chi connectivity index (χ3n) is 2.92. The SMILES string of the molecule is CCn1c(SCC(=O)NC)nnc1N1CCOCC1. The van der Waals surface area contributed by atoms with Gasteiger partial charge in [-0.3, -0.25) is 9.36 Å². The Kier molecular flexibility index (Phi) is 5.03. The number of amides is 1. The van der Waals surface area contributed by atoms with Gasteiger partial charge in [-0.25, -0.2) is 0 Å². The number of carbonyl (C=O) groups is 1. The molecule has 1 aromatic rings. The molecule has 0 aliphatic carbocycles. The van der Waals surface area contributed by atoms with Crippen LogP contribution in [-0.2, 0) is 16.1 Å². The highest BCUT2D eigenvalue weighted by atomic mass is 32.2. The van der Waals surface area contributed by atoms with E-state index in [2.05, 4.69) is 27.3 Å². The Bertz CT molecular complexity index is 431. The van der Waals surface area contributed by atoms with Crippen molar-refractivity contribution < 1.29 is 9.53 Å². The lowest BCUT2D eigenvalue weighted by molar-refractivity contribution is -0.118. The largest absolute Gasteiger partial charge is 0.378 e. The monoisotopic (exact) mass is 285 g/mol. The summed E-state index contributed by atoms with van der Waals surface area (Å²) < 4.78 is 7.38. The first-order valence-electron chi connectivity index (χ1n) is 6.35. The van der Waals surface area contributed by atoms with Crippen LogP contribution >= 0.6 is 11.8 Å². The lowest BCUT2D eigenvalue weighted by Gasteiger charge is -2.27. The highest BCUT2D eigenvalue weighted by molar-refractivity contribution is 7.99. The van der Waals surface area contributed by atoms with E-state index in [0.717, 1.165) is 44.0 Å². The van der Waals surface area contributed by atoms with Crippen molar-refractivity contribution in [2.45, 2.75) is 18.6 Å². The van der Waals surface area contributed by atoms with Gasteiger partial charge in [0.15, 0.2) is 5.16 Å². The van der Waals surface area contributed by atoms with E-state index < -0.39 is 0 Å². The quantitative estimate of drug-likeness (QED) is 0.766. The predicted octanol–water partition coefficient (Wildman–Crippen LogP) is -0.0273. The molecule has 106 valence electrons. The molecule has 8 heteroatoms. The second-order valence-corrected chi connectivity index (χ2v) is 5.03. The minimum Gasteiger partial charge on any atom is -0.378 e. The maximum absolute atomic E-state index is 11.3. The number of anilines is 1. The van der Waals surface area contributed by atoms with E-state index in [1.165, 1.54) is 11.8 Å². The Morgan fingerprint density at radius 1 is 1.42 bits per heavy atom. The second-order valence-electron chi connectivity index (χ2n) is 4.09. The Balaban J connectivity index is 2.08. The molecule has 1 amide bonds. The van der Waals surface area contributed by atoms with Crippen LogP contribution in [0.1, 0.15) is 6.92 Å². The molecule has 1 aromatic heterocycles. The maximum Gasteiger partial charge on any atom is 0.230 e. The first-order chi connectivity index (χ1) is 9.26. The van der Waals surface area contributed by atoms with Crippen molar-refractivity contribution >= 4 is 23.6 Å². The summed E-state index contributed by atoms with van der Waals surface area (Å²) in [4.78, 5) is 13.4. The van der Waals surface area contributed by atoms with Crippen molar-refractivity contribution in [3.05, 3.63) is 0 Å². The number of thioether (sulfide) groups is 1. The molecule has 1 saturated heterocycles. The van der Waals surface area contributed by atoms with Crippen LogP contribution in [0.5, 0.6) is 0 Å². The summed E-state index contributed by atoms with van der Waals surface area (Å²) in [6.07, 6.45) is 0. The first-order valence-corrected chi connectivity index (χ1v) is 7.34. The van der Waals surface area contributed by atoms with E-state index in [-0.39, 0.29) is 5.91 Å². The summed E-state index contributed by atoms with van der Waals surface area (Å²) in [7, 11) is 1.63. The zero-order valence-electron chi connectivity index (χ0n) is 11.3. The molecule has 0 atom stereocenters. The number of hydrogen-bond acceptors (Lipinski definition) is 6. The molecule has 1 aliphatic heterocycles. The zero-order valence-corrected chi connectivity index (χ0v) is 12.1. The molecule has 19 heavy (non-hydrogen) atoms. The van der Waals surface area contributed by atoms with Gasteiger partial charge in [-0.05, 0) is 6.92 Å². The van der Waals surface area contributed by atoms with Crippen molar-refractivity contribution in [3.63, 3.8) is 0 Å². The Hall–Kier alpha value is -1.28. The smallest absolute Gasteiger partial charge is 0.230 e. The summed E-state index contributed by atoms with van der Waals surface area (Å²) in [5.41, 5.74) is 0. The lowest BCUT2D eigenvalue weighted by atomic mass is 10.4. The number of nitrogens with zero attached hydrogens (tertiary/aromatic N) is 4. The highest BCUT2D eigenvalue weighted by Crippen LogP contribution is 2.22. The van der Waals surface area contributed by atoms with Gasteiger partial charge in [0.05, 0.1) is 19.0 Å². The molecule has 0 spiro atoms. The van der Waals surface area contributed by atoms with Crippen LogP contribution in [0, 0.1) is 0 Å². The van der Waals surface area contributed by atoms with Crippen LogP contribution in [-0.4, -0.2) is 59.8 Å². The summed E-state index contributed by atoms with van der Waals surface area (Å²) in [6, 6.07) is 0. The Morgan fingerprint density at radius 2 is 2.16 bits per heavy atom. The van der Waals surface area contributed by atoms with Crippen LogP contribution < -0.4 is 10.2 Å². The molecule has 7 nitrogen and oxygen atoms in total. The van der Waals surface area contributed by atoms with Crippen molar-refractivity contribution in [2.75, 3.05) is 44.0 Å². The van der Waals surface area contributed by atoms with Gasteiger partial charge in [0.25, 0.3) is 0 Å². The average molecular weight is 285 g/mol. The van der Waals surface area contributed by atoms with Crippen molar-refractivity contribution in [3.8, 4) is 0 Å². The second kappa shape index (κ2) is 6.76. The van der Waals surface area contributed by atoms with Crippen molar-refractivity contribution in [1.29, 1.82) is 0 Å². The predicted molar refractivity (Wildman–Crippen MR) is 73.5 cm³/mol. The van der Waals surface area contributed by atoms with Gasteiger partial charge in [-0.15, -0.1) is 10.2 Å². The van der Waals surface area contributed by atoms with Crippen LogP contribution in [0.4, 0.5) is 5.95 Å². The van der Waals surface area contributed by atoms with E-state index in [4.69, 9.17) is 4.74 Å². The van der Waals surface area contributed by atoms with Gasteiger partial charge in [0.2, 0.25) is 11.9 Å². The maximum atomic E-state index is 11.3. The summed E-state index contributed by atoms with van der Waals surface area (Å²) in [5.74, 6) is 1.21. The van der Waals surface area contributed by atoms with Gasteiger partial charge >= 0.3 is 0 Å². The van der Waals surface area contributed by atoms with Gasteiger partial charge in [0, 0.05) is 26.7 Å². The molecule has 0 radical (unpaired) electrons. The number of rotatable bonds is 5. The summed E-state index contributed by atoms with van der Waals surface area (Å²) in [6.45, 7) is 5.94. The number of ether oxygens (including phenoxy) is 1. The zero-order chi connectivity index (χ0) is 13.7. The van der Waals surface area contributed by atoms with Crippen LogP contribution in [0.15, 0.2) is 5.16 Å². The molecule has 0 bridgehead atoms. The molecule has 1 aliphatic rings. The van der Waals surface area contributed by atoms with E-state index in [0.29, 0.717) is 5.75 Å². The lowest BCUT2D eigenvalue weighted by Crippen LogP contribution is -2.38. The van der Waals surface area contributed by atoms with E-state index in [9.17, 15) is 4.79 Å². The van der Waals surface area contributed by atoms with E-state index in [1.54, 1.807) is 7.05 Å². The molecule has 0 aromatic carbocycles. The van der Waals surface area contributed by atoms with E-state index in [1.807, 2.05) is 4.57 Å². The molecule has 2 heterocycles. The van der Waals surface area contributed by atoms with E-state index >= 15 is 0 Å². The van der Waals surface area contributed by atoms with Gasteiger partial charge < -0.3 is 15.0 Å². The van der Waals surface area contributed by atoms with Crippen molar-refractivity contribution in [2.24, 2.45) is 0 Å². The number of hydrogen-bond donors (Lipinski definition) is 1. The fourth-order valence-corrected chi connectivity index (χ4v) is 2.73. The fourth-order valence-electron chi connectivity index (χ4n) is 1.86. The van der Waals surface area contributed by atoms with Gasteiger partial charge in [0.1, 0.15) is 0 Å². The van der Waals surface area contributed by atoms with Gasteiger partial charge in [-0.2, -0.15) is 0 Å². The molecule has 0 unspecified atom stereocenters. The van der Waals surface area contributed by atoms with Crippen molar-refractivity contribution in [1.82, 2.24) is 20.1 Å². The molecule has 0 saturated carbocycles. The molecule has 2 rings (SSSR count). The third-order valence-corrected chi connectivity index (χ3v) is 3.89. The topological polar surface area (TPSA) is 72.3 Å². The number of morpholine rings is 1. The van der Waals surface area contributed by atoms with Crippen LogP contribution in [0.3, 0.4) is 0 Å². The molecule has 1 fully saturated rings. The number of aromatic nitrogens is 3. The average Bonchev–Trinajstić information content (AvgIpc) is 2.88. The third kappa shape index (κ3) is 3.38.